The Labute approximate surface area is 104 Å². The van der Waals surface area contributed by atoms with Crippen LogP contribution in [0.3, 0.4) is 0 Å². The third-order valence-electron chi connectivity index (χ3n) is 3.48. The first-order valence-corrected chi connectivity index (χ1v) is 6.52. The van der Waals surface area contributed by atoms with E-state index in [1.807, 2.05) is 0 Å². The van der Waals surface area contributed by atoms with Crippen LogP contribution in [0.25, 0.3) is 0 Å². The van der Waals surface area contributed by atoms with Gasteiger partial charge in [-0.3, -0.25) is 0 Å². The van der Waals surface area contributed by atoms with Gasteiger partial charge in [-0.15, -0.1) is 0 Å². The van der Waals surface area contributed by atoms with Crippen LogP contribution in [0.2, 0.25) is 0 Å². The van der Waals surface area contributed by atoms with Gasteiger partial charge in [0.05, 0.1) is 5.60 Å². The highest BCUT2D eigenvalue weighted by Crippen LogP contribution is 2.25. The fourth-order valence-corrected chi connectivity index (χ4v) is 2.57. The quantitative estimate of drug-likeness (QED) is 0.865. The monoisotopic (exact) mass is 233 g/mol. The van der Waals surface area contributed by atoms with E-state index in [4.69, 9.17) is 4.74 Å². The van der Waals surface area contributed by atoms with Gasteiger partial charge in [0.25, 0.3) is 0 Å². The highest BCUT2D eigenvalue weighted by Gasteiger charge is 2.29. The summed E-state index contributed by atoms with van der Waals surface area (Å²) >= 11 is 0. The van der Waals surface area contributed by atoms with Gasteiger partial charge in [-0.2, -0.15) is 0 Å². The van der Waals surface area contributed by atoms with Crippen molar-refractivity contribution in [2.45, 2.75) is 51.3 Å². The van der Waals surface area contributed by atoms with Crippen LogP contribution >= 0.6 is 0 Å². The first-order valence-electron chi connectivity index (χ1n) is 6.52. The Morgan fingerprint density at radius 2 is 2.00 bits per heavy atom. The van der Waals surface area contributed by atoms with Crippen LogP contribution in [0.4, 0.5) is 0 Å². The van der Waals surface area contributed by atoms with Crippen molar-refractivity contribution < 1.29 is 4.74 Å². The zero-order valence-electron chi connectivity index (χ0n) is 11.1. The molecule has 0 amide bonds. The van der Waals surface area contributed by atoms with E-state index >= 15 is 0 Å². The van der Waals surface area contributed by atoms with Crippen LogP contribution in [0, 0.1) is 0 Å². The third kappa shape index (κ3) is 3.55. The van der Waals surface area contributed by atoms with Gasteiger partial charge in [-0.25, -0.2) is 0 Å². The van der Waals surface area contributed by atoms with Gasteiger partial charge in [0, 0.05) is 18.7 Å². The molecule has 0 aliphatic carbocycles. The molecule has 17 heavy (non-hydrogen) atoms. The molecule has 1 saturated heterocycles. The highest BCUT2D eigenvalue weighted by molar-refractivity contribution is 5.18. The normalized spacial score (nSPS) is 25.5. The standard InChI is InChI=1S/C15H23NO/c1-12(13-7-5-4-6-8-13)16-14-9-10-17-15(2,3)11-14/h4-8,12,14,16H,9-11H2,1-3H3/t12-,14-/m1/s1. The molecule has 2 heteroatoms. The Hall–Kier alpha value is -0.860. The number of ether oxygens (including phenoxy) is 1. The molecule has 0 saturated carbocycles. The molecule has 2 atom stereocenters. The minimum Gasteiger partial charge on any atom is -0.375 e. The fraction of sp³-hybridized carbons (Fsp3) is 0.600. The summed E-state index contributed by atoms with van der Waals surface area (Å²) in [5.41, 5.74) is 1.38. The second-order valence-electron chi connectivity index (χ2n) is 5.60. The predicted molar refractivity (Wildman–Crippen MR) is 71.0 cm³/mol. The average Bonchev–Trinajstić information content (AvgIpc) is 2.29. The second kappa shape index (κ2) is 5.19. The van der Waals surface area contributed by atoms with Gasteiger partial charge in [-0.05, 0) is 39.2 Å². The molecule has 0 spiro atoms. The summed E-state index contributed by atoms with van der Waals surface area (Å²) in [6.07, 6.45) is 2.20. The summed E-state index contributed by atoms with van der Waals surface area (Å²) in [6.45, 7) is 7.45. The summed E-state index contributed by atoms with van der Waals surface area (Å²) in [4.78, 5) is 0. The molecule has 1 aliphatic heterocycles. The maximum atomic E-state index is 5.74. The van der Waals surface area contributed by atoms with E-state index in [1.165, 1.54) is 5.56 Å². The van der Waals surface area contributed by atoms with Crippen LogP contribution in [-0.4, -0.2) is 18.2 Å². The number of nitrogens with one attached hydrogen (secondary N) is 1. The van der Waals surface area contributed by atoms with Crippen molar-refractivity contribution >= 4 is 0 Å². The summed E-state index contributed by atoms with van der Waals surface area (Å²) in [5, 5.41) is 3.71. The van der Waals surface area contributed by atoms with Crippen molar-refractivity contribution in [1.82, 2.24) is 5.32 Å². The van der Waals surface area contributed by atoms with Gasteiger partial charge in [0.1, 0.15) is 0 Å². The van der Waals surface area contributed by atoms with E-state index in [1.54, 1.807) is 0 Å². The predicted octanol–water partition coefficient (Wildman–Crippen LogP) is 3.29. The molecule has 0 unspecified atom stereocenters. The Kier molecular flexibility index (Phi) is 3.85. The van der Waals surface area contributed by atoms with Gasteiger partial charge >= 0.3 is 0 Å². The summed E-state index contributed by atoms with van der Waals surface area (Å²) in [6, 6.07) is 11.6. The maximum absolute atomic E-state index is 5.74. The molecule has 0 bridgehead atoms. The van der Waals surface area contributed by atoms with E-state index in [0.717, 1.165) is 19.4 Å². The summed E-state index contributed by atoms with van der Waals surface area (Å²) < 4.78 is 5.74. The summed E-state index contributed by atoms with van der Waals surface area (Å²) in [5.74, 6) is 0. The van der Waals surface area contributed by atoms with Crippen LogP contribution in [0.15, 0.2) is 30.3 Å². The maximum Gasteiger partial charge on any atom is 0.0641 e. The SMILES string of the molecule is C[C@@H](N[C@@H]1CCOC(C)(C)C1)c1ccccc1. The molecule has 1 aliphatic rings. The minimum atomic E-state index is 0.0202. The van der Waals surface area contributed by atoms with E-state index in [9.17, 15) is 0 Å². The Morgan fingerprint density at radius 1 is 1.29 bits per heavy atom. The van der Waals surface area contributed by atoms with Crippen molar-refractivity contribution in [3.63, 3.8) is 0 Å². The van der Waals surface area contributed by atoms with Gasteiger partial charge in [0.15, 0.2) is 0 Å². The second-order valence-corrected chi connectivity index (χ2v) is 5.60. The van der Waals surface area contributed by atoms with Crippen LogP contribution in [0.1, 0.15) is 45.2 Å². The lowest BCUT2D eigenvalue weighted by Crippen LogP contribution is -2.44. The number of benzene rings is 1. The van der Waals surface area contributed by atoms with E-state index in [2.05, 4.69) is 56.4 Å². The molecule has 2 nitrogen and oxygen atoms in total. The molecule has 1 N–H and O–H groups in total. The molecule has 1 fully saturated rings. The molecular weight excluding hydrogens is 210 g/mol. The third-order valence-corrected chi connectivity index (χ3v) is 3.48. The van der Waals surface area contributed by atoms with Gasteiger partial charge in [0.2, 0.25) is 0 Å². The zero-order chi connectivity index (χ0) is 12.3. The molecule has 1 heterocycles. The van der Waals surface area contributed by atoms with Crippen LogP contribution in [-0.2, 0) is 4.74 Å². The molecule has 0 aromatic heterocycles. The molecule has 1 aromatic carbocycles. The van der Waals surface area contributed by atoms with E-state index in [-0.39, 0.29) is 5.60 Å². The Bertz CT molecular complexity index is 347. The topological polar surface area (TPSA) is 21.3 Å². The lowest BCUT2D eigenvalue weighted by Gasteiger charge is -2.37. The van der Waals surface area contributed by atoms with Crippen molar-refractivity contribution in [3.05, 3.63) is 35.9 Å². The Balaban J connectivity index is 1.93. The number of hydrogen-bond donors (Lipinski definition) is 1. The lowest BCUT2D eigenvalue weighted by molar-refractivity contribution is -0.0639. The molecular formula is C15H23NO. The zero-order valence-corrected chi connectivity index (χ0v) is 11.1. The first kappa shape index (κ1) is 12.6. The highest BCUT2D eigenvalue weighted by atomic mass is 16.5. The largest absolute Gasteiger partial charge is 0.375 e. The first-order chi connectivity index (χ1) is 8.07. The number of rotatable bonds is 3. The van der Waals surface area contributed by atoms with Crippen molar-refractivity contribution in [2.75, 3.05) is 6.61 Å². The van der Waals surface area contributed by atoms with Crippen LogP contribution < -0.4 is 5.32 Å². The van der Waals surface area contributed by atoms with E-state index in [0.29, 0.717) is 12.1 Å². The molecule has 1 aromatic rings. The molecule has 94 valence electrons. The summed E-state index contributed by atoms with van der Waals surface area (Å²) in [7, 11) is 0. The number of hydrogen-bond acceptors (Lipinski definition) is 2. The Morgan fingerprint density at radius 3 is 2.65 bits per heavy atom. The van der Waals surface area contributed by atoms with Crippen molar-refractivity contribution in [3.8, 4) is 0 Å². The molecule has 2 rings (SSSR count). The van der Waals surface area contributed by atoms with Crippen molar-refractivity contribution in [2.24, 2.45) is 0 Å². The van der Waals surface area contributed by atoms with Crippen LogP contribution in [0.5, 0.6) is 0 Å². The van der Waals surface area contributed by atoms with Crippen molar-refractivity contribution in [1.29, 1.82) is 0 Å². The fourth-order valence-electron chi connectivity index (χ4n) is 2.57. The van der Waals surface area contributed by atoms with E-state index < -0.39 is 0 Å². The minimum absolute atomic E-state index is 0.0202. The lowest BCUT2D eigenvalue weighted by atomic mass is 9.93. The average molecular weight is 233 g/mol. The molecule has 0 radical (unpaired) electrons. The van der Waals surface area contributed by atoms with Gasteiger partial charge in [-0.1, -0.05) is 30.3 Å². The van der Waals surface area contributed by atoms with Gasteiger partial charge < -0.3 is 10.1 Å². The smallest absolute Gasteiger partial charge is 0.0641 e.